The van der Waals surface area contributed by atoms with Gasteiger partial charge in [0, 0.05) is 19.1 Å². The smallest absolute Gasteiger partial charge is 0.0607 e. The molecule has 0 fully saturated rings. The zero-order chi connectivity index (χ0) is 10.8. The summed E-state index contributed by atoms with van der Waals surface area (Å²) in [5.74, 6) is 0. The highest BCUT2D eigenvalue weighted by Gasteiger charge is 2.19. The molecule has 1 aromatic rings. The number of rotatable bonds is 2. The standard InChI is InChI=1S/C13H20N2/c1-4-11(3)15-8-7-14-12-6-5-10(2)9-13(12)15/h5-6,9,11,14H,4,7-8H2,1-3H3. The van der Waals surface area contributed by atoms with Crippen LogP contribution in [0.1, 0.15) is 25.8 Å². The molecule has 1 aliphatic heterocycles. The Bertz CT molecular complexity index is 346. The van der Waals surface area contributed by atoms with Crippen LogP contribution in [0.5, 0.6) is 0 Å². The Labute approximate surface area is 92.3 Å². The van der Waals surface area contributed by atoms with E-state index in [0.717, 1.165) is 13.1 Å². The van der Waals surface area contributed by atoms with Crippen LogP contribution in [0, 0.1) is 6.92 Å². The molecule has 0 amide bonds. The van der Waals surface area contributed by atoms with Crippen LogP contribution in [0.15, 0.2) is 18.2 Å². The fourth-order valence-corrected chi connectivity index (χ4v) is 2.14. The van der Waals surface area contributed by atoms with E-state index in [1.165, 1.54) is 23.4 Å². The van der Waals surface area contributed by atoms with Gasteiger partial charge in [0.05, 0.1) is 11.4 Å². The highest BCUT2D eigenvalue weighted by molar-refractivity contribution is 5.73. The number of benzene rings is 1. The van der Waals surface area contributed by atoms with Crippen molar-refractivity contribution in [1.29, 1.82) is 0 Å². The van der Waals surface area contributed by atoms with Gasteiger partial charge in [-0.1, -0.05) is 13.0 Å². The first kappa shape index (κ1) is 10.3. The van der Waals surface area contributed by atoms with Crippen molar-refractivity contribution < 1.29 is 0 Å². The normalized spacial score (nSPS) is 16.9. The summed E-state index contributed by atoms with van der Waals surface area (Å²) < 4.78 is 0. The van der Waals surface area contributed by atoms with Gasteiger partial charge in [0.1, 0.15) is 0 Å². The summed E-state index contributed by atoms with van der Waals surface area (Å²) in [6, 6.07) is 7.28. The van der Waals surface area contributed by atoms with E-state index in [4.69, 9.17) is 0 Å². The summed E-state index contributed by atoms with van der Waals surface area (Å²) in [5.41, 5.74) is 3.99. The van der Waals surface area contributed by atoms with E-state index in [9.17, 15) is 0 Å². The van der Waals surface area contributed by atoms with Gasteiger partial charge in [0.2, 0.25) is 0 Å². The van der Waals surface area contributed by atoms with Crippen LogP contribution in [0.25, 0.3) is 0 Å². The molecule has 82 valence electrons. The summed E-state index contributed by atoms with van der Waals surface area (Å²) in [5, 5.41) is 3.46. The number of hydrogen-bond acceptors (Lipinski definition) is 2. The molecule has 0 bridgehead atoms. The molecule has 0 radical (unpaired) electrons. The maximum Gasteiger partial charge on any atom is 0.0607 e. The largest absolute Gasteiger partial charge is 0.382 e. The lowest BCUT2D eigenvalue weighted by Gasteiger charge is -2.36. The van der Waals surface area contributed by atoms with Crippen molar-refractivity contribution in [3.05, 3.63) is 23.8 Å². The average Bonchev–Trinajstić information content (AvgIpc) is 2.27. The molecule has 2 nitrogen and oxygen atoms in total. The van der Waals surface area contributed by atoms with E-state index in [1.54, 1.807) is 0 Å². The van der Waals surface area contributed by atoms with E-state index in [2.05, 4.69) is 49.2 Å². The molecule has 2 rings (SSSR count). The maximum absolute atomic E-state index is 3.46. The number of hydrogen-bond donors (Lipinski definition) is 1. The summed E-state index contributed by atoms with van der Waals surface area (Å²) in [6.07, 6.45) is 1.20. The topological polar surface area (TPSA) is 15.3 Å². The minimum atomic E-state index is 0.632. The van der Waals surface area contributed by atoms with Gasteiger partial charge < -0.3 is 10.2 Å². The Morgan fingerprint density at radius 2 is 2.27 bits per heavy atom. The zero-order valence-corrected chi connectivity index (χ0v) is 9.88. The molecular formula is C13H20N2. The van der Waals surface area contributed by atoms with Crippen molar-refractivity contribution in [2.24, 2.45) is 0 Å². The van der Waals surface area contributed by atoms with Crippen LogP contribution >= 0.6 is 0 Å². The zero-order valence-electron chi connectivity index (χ0n) is 9.88. The first-order chi connectivity index (χ1) is 7.22. The summed E-state index contributed by atoms with van der Waals surface area (Å²) >= 11 is 0. The summed E-state index contributed by atoms with van der Waals surface area (Å²) in [4.78, 5) is 2.51. The third-order valence-corrected chi connectivity index (χ3v) is 3.25. The first-order valence-corrected chi connectivity index (χ1v) is 5.83. The monoisotopic (exact) mass is 204 g/mol. The molecule has 1 atom stereocenters. The molecule has 0 saturated carbocycles. The molecule has 0 aliphatic carbocycles. The van der Waals surface area contributed by atoms with E-state index in [0.29, 0.717) is 6.04 Å². The van der Waals surface area contributed by atoms with Crippen molar-refractivity contribution >= 4 is 11.4 Å². The molecule has 2 heteroatoms. The number of anilines is 2. The summed E-state index contributed by atoms with van der Waals surface area (Å²) in [6.45, 7) is 8.88. The molecule has 1 aliphatic rings. The van der Waals surface area contributed by atoms with Crippen molar-refractivity contribution in [3.8, 4) is 0 Å². The second kappa shape index (κ2) is 4.13. The van der Waals surface area contributed by atoms with Gasteiger partial charge in [-0.15, -0.1) is 0 Å². The Balaban J connectivity index is 2.36. The van der Waals surface area contributed by atoms with Crippen LogP contribution in [-0.4, -0.2) is 19.1 Å². The van der Waals surface area contributed by atoms with Crippen molar-refractivity contribution in [1.82, 2.24) is 0 Å². The first-order valence-electron chi connectivity index (χ1n) is 5.83. The molecule has 1 N–H and O–H groups in total. The molecule has 0 saturated heterocycles. The molecule has 15 heavy (non-hydrogen) atoms. The predicted molar refractivity (Wildman–Crippen MR) is 66.8 cm³/mol. The molecule has 1 aromatic carbocycles. The van der Waals surface area contributed by atoms with Crippen LogP contribution in [0.4, 0.5) is 11.4 Å². The molecule has 1 unspecified atom stereocenters. The van der Waals surface area contributed by atoms with Gasteiger partial charge >= 0.3 is 0 Å². The van der Waals surface area contributed by atoms with Crippen LogP contribution in [-0.2, 0) is 0 Å². The molecular weight excluding hydrogens is 184 g/mol. The minimum absolute atomic E-state index is 0.632. The quantitative estimate of drug-likeness (QED) is 0.796. The maximum atomic E-state index is 3.46. The Morgan fingerprint density at radius 1 is 1.47 bits per heavy atom. The Morgan fingerprint density at radius 3 is 3.00 bits per heavy atom. The lowest BCUT2D eigenvalue weighted by molar-refractivity contribution is 0.616. The van der Waals surface area contributed by atoms with Crippen LogP contribution in [0.3, 0.4) is 0 Å². The lowest BCUT2D eigenvalue weighted by atomic mass is 10.1. The second-order valence-electron chi connectivity index (χ2n) is 4.40. The van der Waals surface area contributed by atoms with Crippen molar-refractivity contribution in [3.63, 3.8) is 0 Å². The van der Waals surface area contributed by atoms with E-state index >= 15 is 0 Å². The average molecular weight is 204 g/mol. The van der Waals surface area contributed by atoms with Crippen LogP contribution in [0.2, 0.25) is 0 Å². The number of nitrogens with zero attached hydrogens (tertiary/aromatic N) is 1. The predicted octanol–water partition coefficient (Wildman–Crippen LogP) is 3.03. The second-order valence-corrected chi connectivity index (χ2v) is 4.40. The van der Waals surface area contributed by atoms with E-state index < -0.39 is 0 Å². The number of nitrogens with one attached hydrogen (secondary N) is 1. The Hall–Kier alpha value is -1.18. The third kappa shape index (κ3) is 1.94. The number of fused-ring (bicyclic) bond motifs is 1. The van der Waals surface area contributed by atoms with Gasteiger partial charge in [-0.3, -0.25) is 0 Å². The highest BCUT2D eigenvalue weighted by Crippen LogP contribution is 2.31. The third-order valence-electron chi connectivity index (χ3n) is 3.25. The fraction of sp³-hybridized carbons (Fsp3) is 0.538. The van der Waals surface area contributed by atoms with Gasteiger partial charge in [0.15, 0.2) is 0 Å². The summed E-state index contributed by atoms with van der Waals surface area (Å²) in [7, 11) is 0. The number of aryl methyl sites for hydroxylation is 1. The SMILES string of the molecule is CCC(C)N1CCNc2ccc(C)cc21. The van der Waals surface area contributed by atoms with Gasteiger partial charge in [-0.05, 0) is 38.0 Å². The van der Waals surface area contributed by atoms with Gasteiger partial charge in [-0.25, -0.2) is 0 Å². The van der Waals surface area contributed by atoms with E-state index in [-0.39, 0.29) is 0 Å². The molecule has 1 heterocycles. The van der Waals surface area contributed by atoms with Gasteiger partial charge in [-0.2, -0.15) is 0 Å². The van der Waals surface area contributed by atoms with E-state index in [1.807, 2.05) is 0 Å². The lowest BCUT2D eigenvalue weighted by Crippen LogP contribution is -2.40. The van der Waals surface area contributed by atoms with Crippen LogP contribution < -0.4 is 10.2 Å². The molecule has 0 aromatic heterocycles. The van der Waals surface area contributed by atoms with Gasteiger partial charge in [0.25, 0.3) is 0 Å². The Kier molecular flexibility index (Phi) is 2.85. The van der Waals surface area contributed by atoms with Crippen molar-refractivity contribution in [2.75, 3.05) is 23.3 Å². The minimum Gasteiger partial charge on any atom is -0.382 e. The fourth-order valence-electron chi connectivity index (χ4n) is 2.14. The molecule has 0 spiro atoms. The van der Waals surface area contributed by atoms with Crippen molar-refractivity contribution in [2.45, 2.75) is 33.2 Å². The highest BCUT2D eigenvalue weighted by atomic mass is 15.2.